The van der Waals surface area contributed by atoms with E-state index in [9.17, 15) is 9.18 Å². The molecule has 0 bridgehead atoms. The quantitative estimate of drug-likeness (QED) is 0.814. The summed E-state index contributed by atoms with van der Waals surface area (Å²) in [4.78, 5) is 16.1. The molecular formula is C18H27FN4O. The van der Waals surface area contributed by atoms with Crippen LogP contribution in [0.5, 0.6) is 0 Å². The number of urea groups is 1. The van der Waals surface area contributed by atoms with Crippen LogP contribution < -0.4 is 15.5 Å². The molecule has 0 aromatic heterocycles. The zero-order chi connectivity index (χ0) is 17.7. The molecule has 2 rings (SSSR count). The number of nitrogens with zero attached hydrogens (tertiary/aromatic N) is 2. The number of likely N-dealkylation sites (N-methyl/N-ethyl adjacent to an activating group) is 1. The third-order valence-corrected chi connectivity index (χ3v) is 4.21. The lowest BCUT2D eigenvalue weighted by Gasteiger charge is -2.34. The minimum Gasteiger partial charge on any atom is -0.367 e. The van der Waals surface area contributed by atoms with Crippen molar-refractivity contribution in [3.8, 4) is 0 Å². The van der Waals surface area contributed by atoms with Gasteiger partial charge in [-0.3, -0.25) is 0 Å². The van der Waals surface area contributed by atoms with Crippen LogP contribution in [0.25, 0.3) is 0 Å². The molecule has 1 aromatic rings. The Morgan fingerprint density at radius 2 is 2.00 bits per heavy atom. The number of halogens is 1. The molecule has 132 valence electrons. The second kappa shape index (κ2) is 8.15. The first-order chi connectivity index (χ1) is 11.4. The molecule has 0 spiro atoms. The summed E-state index contributed by atoms with van der Waals surface area (Å²) >= 11 is 0. The van der Waals surface area contributed by atoms with Crippen molar-refractivity contribution in [1.82, 2.24) is 15.5 Å². The number of carbonyl (C=O) groups is 1. The SMILES string of the molecule is C=C(C)CNC(=O)N[C@H](C)c1ccc(N2CCN(C)CC2)c(F)c1. The van der Waals surface area contributed by atoms with Crippen molar-refractivity contribution in [2.75, 3.05) is 44.7 Å². The van der Waals surface area contributed by atoms with Gasteiger partial charge in [0, 0.05) is 32.7 Å². The molecule has 1 heterocycles. The average Bonchev–Trinajstić information content (AvgIpc) is 2.54. The van der Waals surface area contributed by atoms with Crippen LogP contribution in [0.3, 0.4) is 0 Å². The Labute approximate surface area is 143 Å². The molecule has 24 heavy (non-hydrogen) atoms. The maximum Gasteiger partial charge on any atom is 0.315 e. The molecule has 1 fully saturated rings. The number of amides is 2. The van der Waals surface area contributed by atoms with Gasteiger partial charge in [-0.1, -0.05) is 18.2 Å². The highest BCUT2D eigenvalue weighted by molar-refractivity contribution is 5.74. The van der Waals surface area contributed by atoms with E-state index in [1.807, 2.05) is 19.9 Å². The number of hydrogen-bond acceptors (Lipinski definition) is 3. The van der Waals surface area contributed by atoms with Gasteiger partial charge in [0.05, 0.1) is 11.7 Å². The second-order valence-electron chi connectivity index (χ2n) is 6.51. The van der Waals surface area contributed by atoms with Crippen molar-refractivity contribution in [1.29, 1.82) is 0 Å². The highest BCUT2D eigenvalue weighted by Crippen LogP contribution is 2.24. The van der Waals surface area contributed by atoms with Gasteiger partial charge in [0.1, 0.15) is 5.82 Å². The van der Waals surface area contributed by atoms with Crippen LogP contribution in [0, 0.1) is 5.82 Å². The minimum atomic E-state index is -0.283. The van der Waals surface area contributed by atoms with Gasteiger partial charge in [-0.15, -0.1) is 0 Å². The molecule has 6 heteroatoms. The Morgan fingerprint density at radius 1 is 1.33 bits per heavy atom. The van der Waals surface area contributed by atoms with E-state index in [-0.39, 0.29) is 17.9 Å². The highest BCUT2D eigenvalue weighted by atomic mass is 19.1. The molecule has 1 atom stereocenters. The Hall–Kier alpha value is -2.08. The molecule has 1 aromatic carbocycles. The second-order valence-corrected chi connectivity index (χ2v) is 6.51. The number of benzene rings is 1. The first-order valence-corrected chi connectivity index (χ1v) is 8.28. The smallest absolute Gasteiger partial charge is 0.315 e. The number of rotatable bonds is 5. The molecule has 1 aliphatic heterocycles. The highest BCUT2D eigenvalue weighted by Gasteiger charge is 2.18. The Kier molecular flexibility index (Phi) is 6.20. The molecule has 1 aliphatic rings. The van der Waals surface area contributed by atoms with E-state index in [2.05, 4.69) is 34.1 Å². The average molecular weight is 334 g/mol. The summed E-state index contributed by atoms with van der Waals surface area (Å²) in [7, 11) is 2.07. The number of carbonyl (C=O) groups excluding carboxylic acids is 1. The van der Waals surface area contributed by atoms with E-state index < -0.39 is 0 Å². The molecule has 1 saturated heterocycles. The maximum atomic E-state index is 14.5. The lowest BCUT2D eigenvalue weighted by molar-refractivity contribution is 0.238. The van der Waals surface area contributed by atoms with Crippen molar-refractivity contribution in [2.45, 2.75) is 19.9 Å². The van der Waals surface area contributed by atoms with E-state index in [0.29, 0.717) is 12.2 Å². The first-order valence-electron chi connectivity index (χ1n) is 8.28. The molecule has 2 N–H and O–H groups in total. The number of nitrogens with one attached hydrogen (secondary N) is 2. The van der Waals surface area contributed by atoms with Gasteiger partial charge >= 0.3 is 6.03 Å². The van der Waals surface area contributed by atoms with Crippen molar-refractivity contribution >= 4 is 11.7 Å². The lowest BCUT2D eigenvalue weighted by Crippen LogP contribution is -2.44. The third-order valence-electron chi connectivity index (χ3n) is 4.21. The van der Waals surface area contributed by atoms with Crippen LogP contribution in [-0.2, 0) is 0 Å². The lowest BCUT2D eigenvalue weighted by atomic mass is 10.1. The van der Waals surface area contributed by atoms with Crippen molar-refractivity contribution in [3.05, 3.63) is 41.7 Å². The van der Waals surface area contributed by atoms with Gasteiger partial charge < -0.3 is 20.4 Å². The zero-order valence-electron chi connectivity index (χ0n) is 14.7. The van der Waals surface area contributed by atoms with Crippen LogP contribution in [0.15, 0.2) is 30.4 Å². The van der Waals surface area contributed by atoms with Crippen molar-refractivity contribution in [2.24, 2.45) is 0 Å². The normalized spacial score (nSPS) is 16.6. The summed E-state index contributed by atoms with van der Waals surface area (Å²) in [5, 5.41) is 5.51. The Bertz CT molecular complexity index is 597. The molecule has 0 unspecified atom stereocenters. The van der Waals surface area contributed by atoms with Gasteiger partial charge in [0.2, 0.25) is 0 Å². The summed E-state index contributed by atoms with van der Waals surface area (Å²) in [6, 6.07) is 4.64. The van der Waals surface area contributed by atoms with E-state index in [1.54, 1.807) is 6.07 Å². The predicted molar refractivity (Wildman–Crippen MR) is 95.9 cm³/mol. The number of anilines is 1. The summed E-state index contributed by atoms with van der Waals surface area (Å²) in [6.45, 7) is 11.4. The topological polar surface area (TPSA) is 47.6 Å². The molecule has 2 amide bonds. The predicted octanol–water partition coefficient (Wildman–Crippen LogP) is 2.51. The standard InChI is InChI=1S/C18H27FN4O/c1-13(2)12-20-18(24)21-14(3)15-5-6-17(16(19)11-15)23-9-7-22(4)8-10-23/h5-6,11,14H,1,7-10,12H2,2-4H3,(H2,20,21,24)/t14-/m1/s1. The fourth-order valence-electron chi connectivity index (χ4n) is 2.66. The van der Waals surface area contributed by atoms with E-state index >= 15 is 0 Å². The minimum absolute atomic E-state index is 0.243. The van der Waals surface area contributed by atoms with E-state index in [0.717, 1.165) is 37.3 Å². The van der Waals surface area contributed by atoms with E-state index in [1.165, 1.54) is 6.07 Å². The van der Waals surface area contributed by atoms with Gasteiger partial charge in [0.15, 0.2) is 0 Å². The summed E-state index contributed by atoms with van der Waals surface area (Å²) in [5.74, 6) is -0.243. The monoisotopic (exact) mass is 334 g/mol. The number of hydrogen-bond donors (Lipinski definition) is 2. The zero-order valence-corrected chi connectivity index (χ0v) is 14.7. The Balaban J connectivity index is 1.98. The van der Waals surface area contributed by atoms with E-state index in [4.69, 9.17) is 0 Å². The summed E-state index contributed by atoms with van der Waals surface area (Å²) < 4.78 is 14.5. The molecule has 5 nitrogen and oxygen atoms in total. The molecule has 0 radical (unpaired) electrons. The summed E-state index contributed by atoms with van der Waals surface area (Å²) in [6.07, 6.45) is 0. The molecule has 0 saturated carbocycles. The number of piperazine rings is 1. The van der Waals surface area contributed by atoms with Crippen LogP contribution in [0.2, 0.25) is 0 Å². The maximum absolute atomic E-state index is 14.5. The van der Waals surface area contributed by atoms with Crippen molar-refractivity contribution < 1.29 is 9.18 Å². The fourth-order valence-corrected chi connectivity index (χ4v) is 2.66. The van der Waals surface area contributed by atoms with Gasteiger partial charge in [0.25, 0.3) is 0 Å². The third kappa shape index (κ3) is 4.96. The fraction of sp³-hybridized carbons (Fsp3) is 0.500. The summed E-state index contributed by atoms with van der Waals surface area (Å²) in [5.41, 5.74) is 2.25. The largest absolute Gasteiger partial charge is 0.367 e. The van der Waals surface area contributed by atoms with Crippen LogP contribution in [-0.4, -0.2) is 50.7 Å². The van der Waals surface area contributed by atoms with Crippen LogP contribution in [0.4, 0.5) is 14.9 Å². The van der Waals surface area contributed by atoms with Crippen LogP contribution >= 0.6 is 0 Å². The van der Waals surface area contributed by atoms with Gasteiger partial charge in [-0.05, 0) is 38.6 Å². The van der Waals surface area contributed by atoms with Gasteiger partial charge in [-0.2, -0.15) is 0 Å². The van der Waals surface area contributed by atoms with Crippen molar-refractivity contribution in [3.63, 3.8) is 0 Å². The molecule has 0 aliphatic carbocycles. The Morgan fingerprint density at radius 3 is 2.58 bits per heavy atom. The molecular weight excluding hydrogens is 307 g/mol. The van der Waals surface area contributed by atoms with Crippen LogP contribution in [0.1, 0.15) is 25.5 Å². The van der Waals surface area contributed by atoms with Gasteiger partial charge in [-0.25, -0.2) is 9.18 Å². The first kappa shape index (κ1) is 18.3.